The third-order valence-corrected chi connectivity index (χ3v) is 5.05. The van der Waals surface area contributed by atoms with E-state index in [0.29, 0.717) is 13.1 Å². The van der Waals surface area contributed by atoms with Crippen LogP contribution >= 0.6 is 24.0 Å². The highest BCUT2D eigenvalue weighted by molar-refractivity contribution is 6.30. The average Bonchev–Trinajstić information content (AvgIpc) is 2.49. The first-order valence-electron chi connectivity index (χ1n) is 8.09. The highest BCUT2D eigenvalue weighted by atomic mass is 35.5. The zero-order valence-electron chi connectivity index (χ0n) is 14.9. The standard InChI is InChI=1S/C17H23ClF3N3O.ClH/c1-10(24-7-6-14(22)16(2,3)9-24)15(25)23-13-5-4-11(18)8-12(13)17(19,20)21;/h4-5,8,10,14H,6-7,9,22H2,1-3H3,(H,23,25);1H. The van der Waals surface area contributed by atoms with Crippen molar-refractivity contribution in [1.29, 1.82) is 0 Å². The van der Waals surface area contributed by atoms with Crippen LogP contribution in [0.25, 0.3) is 0 Å². The molecule has 1 aromatic rings. The molecule has 0 bridgehead atoms. The molecule has 1 heterocycles. The normalized spacial score (nSPS) is 21.6. The molecule has 1 aromatic carbocycles. The Morgan fingerprint density at radius 3 is 2.58 bits per heavy atom. The first-order valence-corrected chi connectivity index (χ1v) is 8.47. The summed E-state index contributed by atoms with van der Waals surface area (Å²) in [7, 11) is 0. The molecule has 2 rings (SSSR count). The molecule has 0 saturated carbocycles. The van der Waals surface area contributed by atoms with E-state index >= 15 is 0 Å². The number of benzene rings is 1. The van der Waals surface area contributed by atoms with Crippen molar-refractivity contribution in [3.05, 3.63) is 28.8 Å². The molecule has 1 saturated heterocycles. The van der Waals surface area contributed by atoms with Gasteiger partial charge in [0.15, 0.2) is 0 Å². The smallest absolute Gasteiger partial charge is 0.327 e. The maximum Gasteiger partial charge on any atom is 0.418 e. The number of carbonyl (C=O) groups is 1. The van der Waals surface area contributed by atoms with Crippen molar-refractivity contribution in [1.82, 2.24) is 4.90 Å². The molecule has 1 aliphatic heterocycles. The summed E-state index contributed by atoms with van der Waals surface area (Å²) in [6, 6.07) is 2.77. The van der Waals surface area contributed by atoms with E-state index in [1.54, 1.807) is 6.92 Å². The SMILES string of the molecule is CC(C(=O)Nc1ccc(Cl)cc1C(F)(F)F)N1CCC(N)C(C)(C)C1.Cl. The third-order valence-electron chi connectivity index (χ3n) is 4.81. The van der Waals surface area contributed by atoms with Gasteiger partial charge in [0.1, 0.15) is 0 Å². The quantitative estimate of drug-likeness (QED) is 0.781. The zero-order chi connectivity index (χ0) is 19.0. The Kier molecular flexibility index (Phi) is 7.38. The molecule has 1 aliphatic rings. The van der Waals surface area contributed by atoms with Crippen LogP contribution in [0.4, 0.5) is 18.9 Å². The highest BCUT2D eigenvalue weighted by Gasteiger charge is 2.38. The topological polar surface area (TPSA) is 58.4 Å². The van der Waals surface area contributed by atoms with Gasteiger partial charge in [0.25, 0.3) is 0 Å². The number of hydrogen-bond acceptors (Lipinski definition) is 3. The van der Waals surface area contributed by atoms with E-state index < -0.39 is 23.7 Å². The molecular weight excluding hydrogens is 390 g/mol. The Morgan fingerprint density at radius 2 is 2.04 bits per heavy atom. The van der Waals surface area contributed by atoms with Crippen LogP contribution in [0.3, 0.4) is 0 Å². The molecule has 26 heavy (non-hydrogen) atoms. The third kappa shape index (κ3) is 5.25. The predicted molar refractivity (Wildman–Crippen MR) is 99.7 cm³/mol. The lowest BCUT2D eigenvalue weighted by molar-refractivity contribution is -0.137. The number of carbonyl (C=O) groups excluding carboxylic acids is 1. The molecule has 2 unspecified atom stereocenters. The van der Waals surface area contributed by atoms with E-state index in [4.69, 9.17) is 17.3 Å². The number of anilines is 1. The van der Waals surface area contributed by atoms with E-state index in [9.17, 15) is 18.0 Å². The number of hydrogen-bond donors (Lipinski definition) is 2. The lowest BCUT2D eigenvalue weighted by Gasteiger charge is -2.44. The van der Waals surface area contributed by atoms with Crippen molar-refractivity contribution in [3.63, 3.8) is 0 Å². The number of nitrogens with zero attached hydrogens (tertiary/aromatic N) is 1. The van der Waals surface area contributed by atoms with Gasteiger partial charge in [-0.3, -0.25) is 9.69 Å². The Morgan fingerprint density at radius 1 is 1.42 bits per heavy atom. The number of piperidine rings is 1. The van der Waals surface area contributed by atoms with Crippen molar-refractivity contribution in [3.8, 4) is 0 Å². The van der Waals surface area contributed by atoms with Crippen LogP contribution in [0.2, 0.25) is 5.02 Å². The van der Waals surface area contributed by atoms with Crippen molar-refractivity contribution in [2.75, 3.05) is 18.4 Å². The number of nitrogens with one attached hydrogen (secondary N) is 1. The zero-order valence-corrected chi connectivity index (χ0v) is 16.4. The van der Waals surface area contributed by atoms with Gasteiger partial charge in [-0.1, -0.05) is 25.4 Å². The summed E-state index contributed by atoms with van der Waals surface area (Å²) in [5, 5.41) is 2.35. The van der Waals surface area contributed by atoms with Crippen LogP contribution < -0.4 is 11.1 Å². The molecule has 0 radical (unpaired) electrons. The second-order valence-electron chi connectivity index (χ2n) is 7.21. The summed E-state index contributed by atoms with van der Waals surface area (Å²) in [6.07, 6.45) is -3.87. The highest BCUT2D eigenvalue weighted by Crippen LogP contribution is 2.37. The summed E-state index contributed by atoms with van der Waals surface area (Å²) >= 11 is 5.66. The van der Waals surface area contributed by atoms with E-state index in [0.717, 1.165) is 12.5 Å². The van der Waals surface area contributed by atoms with E-state index in [1.165, 1.54) is 12.1 Å². The second kappa shape index (κ2) is 8.33. The molecule has 3 N–H and O–H groups in total. The van der Waals surface area contributed by atoms with Crippen LogP contribution in [0.15, 0.2) is 18.2 Å². The fraction of sp³-hybridized carbons (Fsp3) is 0.588. The Bertz CT molecular complexity index is 653. The summed E-state index contributed by atoms with van der Waals surface area (Å²) in [6.45, 7) is 6.97. The summed E-state index contributed by atoms with van der Waals surface area (Å²) in [5.74, 6) is -0.487. The van der Waals surface area contributed by atoms with Crippen molar-refractivity contribution in [2.24, 2.45) is 11.1 Å². The van der Waals surface area contributed by atoms with Crippen LogP contribution in [0, 0.1) is 5.41 Å². The first kappa shape index (κ1) is 23.0. The summed E-state index contributed by atoms with van der Waals surface area (Å²) in [5.41, 5.74) is 4.68. The molecule has 2 atom stereocenters. The van der Waals surface area contributed by atoms with Crippen molar-refractivity contribution >= 4 is 35.6 Å². The van der Waals surface area contributed by atoms with Gasteiger partial charge in [0.05, 0.1) is 17.3 Å². The van der Waals surface area contributed by atoms with Gasteiger partial charge < -0.3 is 11.1 Å². The summed E-state index contributed by atoms with van der Waals surface area (Å²) in [4.78, 5) is 14.4. The van der Waals surface area contributed by atoms with E-state index in [-0.39, 0.29) is 34.6 Å². The van der Waals surface area contributed by atoms with Crippen LogP contribution in [0.5, 0.6) is 0 Å². The maximum absolute atomic E-state index is 13.1. The fourth-order valence-corrected chi connectivity index (χ4v) is 3.18. The van der Waals surface area contributed by atoms with Crippen LogP contribution in [-0.2, 0) is 11.0 Å². The molecule has 0 spiro atoms. The molecule has 148 valence electrons. The Balaban J connectivity index is 0.00000338. The lowest BCUT2D eigenvalue weighted by atomic mass is 9.79. The van der Waals surface area contributed by atoms with Gasteiger partial charge in [0, 0.05) is 24.2 Å². The number of halogens is 5. The van der Waals surface area contributed by atoms with Crippen molar-refractivity contribution in [2.45, 2.75) is 45.5 Å². The van der Waals surface area contributed by atoms with Gasteiger partial charge in [-0.15, -0.1) is 12.4 Å². The molecular formula is C17H24Cl2F3N3O. The summed E-state index contributed by atoms with van der Waals surface area (Å²) < 4.78 is 39.4. The monoisotopic (exact) mass is 413 g/mol. The van der Waals surface area contributed by atoms with Gasteiger partial charge in [0.2, 0.25) is 5.91 Å². The minimum Gasteiger partial charge on any atom is -0.327 e. The number of rotatable bonds is 3. The predicted octanol–water partition coefficient (Wildman–Crippen LogP) is 4.17. The largest absolute Gasteiger partial charge is 0.418 e. The van der Waals surface area contributed by atoms with Gasteiger partial charge >= 0.3 is 6.18 Å². The minimum atomic E-state index is -4.60. The first-order chi connectivity index (χ1) is 11.4. The number of nitrogens with two attached hydrogens (primary N) is 1. The maximum atomic E-state index is 13.1. The van der Waals surface area contributed by atoms with E-state index in [1.807, 2.05) is 18.7 Å². The molecule has 0 aliphatic carbocycles. The van der Waals surface area contributed by atoms with Gasteiger partial charge in [-0.2, -0.15) is 13.2 Å². The van der Waals surface area contributed by atoms with Crippen molar-refractivity contribution < 1.29 is 18.0 Å². The number of amides is 1. The average molecular weight is 414 g/mol. The van der Waals surface area contributed by atoms with Gasteiger partial charge in [-0.05, 0) is 37.0 Å². The molecule has 4 nitrogen and oxygen atoms in total. The Hall–Kier alpha value is -1.02. The van der Waals surface area contributed by atoms with Gasteiger partial charge in [-0.25, -0.2) is 0 Å². The van der Waals surface area contributed by atoms with E-state index in [2.05, 4.69) is 5.32 Å². The van der Waals surface area contributed by atoms with Crippen LogP contribution in [0.1, 0.15) is 32.8 Å². The molecule has 0 aromatic heterocycles. The second-order valence-corrected chi connectivity index (χ2v) is 7.64. The molecule has 9 heteroatoms. The molecule has 1 fully saturated rings. The number of alkyl halides is 3. The Labute approximate surface area is 162 Å². The van der Waals surface area contributed by atoms with Crippen LogP contribution in [-0.4, -0.2) is 36.0 Å². The minimum absolute atomic E-state index is 0. The fourth-order valence-electron chi connectivity index (χ4n) is 3.01. The molecule has 1 amide bonds. The number of likely N-dealkylation sites (tertiary alicyclic amines) is 1. The lowest BCUT2D eigenvalue weighted by Crippen LogP contribution is -2.56.